The van der Waals surface area contributed by atoms with Crippen LogP contribution in [0.3, 0.4) is 0 Å². The fourth-order valence-corrected chi connectivity index (χ4v) is 3.00. The maximum absolute atomic E-state index is 11.3. The number of aromatic nitrogens is 2. The molecule has 0 bridgehead atoms. The number of rotatable bonds is 3. The first-order valence-corrected chi connectivity index (χ1v) is 8.11. The molecular formula is C21H17N3O. The molecule has 0 fully saturated rings. The topological polar surface area (TPSA) is 57.8 Å². The van der Waals surface area contributed by atoms with Crippen LogP contribution in [0.25, 0.3) is 33.3 Å². The Morgan fingerprint density at radius 3 is 2.56 bits per heavy atom. The van der Waals surface area contributed by atoms with Gasteiger partial charge in [-0.3, -0.25) is 4.79 Å². The van der Waals surface area contributed by atoms with E-state index in [1.165, 1.54) is 6.92 Å². The van der Waals surface area contributed by atoms with Crippen molar-refractivity contribution < 1.29 is 4.79 Å². The van der Waals surface area contributed by atoms with Gasteiger partial charge in [-0.15, -0.1) is 0 Å². The molecule has 4 rings (SSSR count). The molecule has 0 unspecified atom stereocenters. The van der Waals surface area contributed by atoms with Gasteiger partial charge in [-0.1, -0.05) is 42.5 Å². The number of aromatic amines is 1. The zero-order chi connectivity index (χ0) is 17.2. The van der Waals surface area contributed by atoms with Crippen LogP contribution in [0.5, 0.6) is 0 Å². The van der Waals surface area contributed by atoms with Crippen molar-refractivity contribution in [2.75, 3.05) is 5.32 Å². The molecule has 122 valence electrons. The summed E-state index contributed by atoms with van der Waals surface area (Å²) in [6.07, 6.45) is 3.84. The predicted molar refractivity (Wildman–Crippen MR) is 101 cm³/mol. The number of pyridine rings is 1. The number of hydrogen-bond acceptors (Lipinski definition) is 2. The Morgan fingerprint density at radius 2 is 1.76 bits per heavy atom. The number of carbonyl (C=O) groups is 1. The van der Waals surface area contributed by atoms with Gasteiger partial charge in [0.25, 0.3) is 0 Å². The molecule has 0 aliphatic rings. The Morgan fingerprint density at radius 1 is 0.960 bits per heavy atom. The highest BCUT2D eigenvalue weighted by Gasteiger charge is 2.10. The van der Waals surface area contributed by atoms with Gasteiger partial charge in [0.1, 0.15) is 5.65 Å². The third kappa shape index (κ3) is 3.02. The highest BCUT2D eigenvalue weighted by atomic mass is 16.1. The van der Waals surface area contributed by atoms with Crippen LogP contribution in [0, 0.1) is 0 Å². The van der Waals surface area contributed by atoms with Gasteiger partial charge in [0.2, 0.25) is 5.91 Å². The van der Waals surface area contributed by atoms with Crippen LogP contribution in [-0.4, -0.2) is 15.9 Å². The molecule has 0 spiro atoms. The number of carbonyl (C=O) groups excluding carboxylic acids is 1. The van der Waals surface area contributed by atoms with E-state index < -0.39 is 0 Å². The Bertz CT molecular complexity index is 1050. The van der Waals surface area contributed by atoms with E-state index in [1.54, 1.807) is 0 Å². The van der Waals surface area contributed by atoms with Crippen molar-refractivity contribution in [1.29, 1.82) is 0 Å². The lowest BCUT2D eigenvalue weighted by molar-refractivity contribution is -0.114. The summed E-state index contributed by atoms with van der Waals surface area (Å²) in [4.78, 5) is 19.1. The van der Waals surface area contributed by atoms with Crippen molar-refractivity contribution in [3.8, 4) is 22.3 Å². The van der Waals surface area contributed by atoms with Crippen LogP contribution in [0.2, 0.25) is 0 Å². The predicted octanol–water partition coefficient (Wildman–Crippen LogP) is 4.86. The third-order valence-electron chi connectivity index (χ3n) is 4.13. The maximum atomic E-state index is 11.3. The van der Waals surface area contributed by atoms with Crippen molar-refractivity contribution in [2.45, 2.75) is 6.92 Å². The molecule has 4 aromatic rings. The average Bonchev–Trinajstić information content (AvgIpc) is 3.05. The lowest BCUT2D eigenvalue weighted by atomic mass is 10.0. The van der Waals surface area contributed by atoms with Crippen molar-refractivity contribution in [1.82, 2.24) is 9.97 Å². The SMILES string of the molecule is CC(=O)Nc1cccc(-c2c[nH]c3ncc(-c4ccccc4)cc23)c1. The molecule has 25 heavy (non-hydrogen) atoms. The van der Waals surface area contributed by atoms with Gasteiger partial charge >= 0.3 is 0 Å². The zero-order valence-electron chi connectivity index (χ0n) is 13.8. The second kappa shape index (κ2) is 6.24. The highest BCUT2D eigenvalue weighted by molar-refractivity contribution is 5.97. The molecule has 0 saturated carbocycles. The minimum absolute atomic E-state index is 0.0795. The van der Waals surface area contributed by atoms with Crippen molar-refractivity contribution >= 4 is 22.6 Å². The number of hydrogen-bond donors (Lipinski definition) is 2. The molecule has 1 amide bonds. The summed E-state index contributed by atoms with van der Waals surface area (Å²) in [7, 11) is 0. The summed E-state index contributed by atoms with van der Waals surface area (Å²) in [6.45, 7) is 1.51. The molecular weight excluding hydrogens is 310 g/mol. The first-order chi connectivity index (χ1) is 12.2. The molecule has 0 saturated heterocycles. The summed E-state index contributed by atoms with van der Waals surface area (Å²) in [5.74, 6) is -0.0795. The minimum Gasteiger partial charge on any atom is -0.346 e. The van der Waals surface area contributed by atoms with Crippen molar-refractivity contribution in [3.63, 3.8) is 0 Å². The molecule has 2 aromatic carbocycles. The summed E-state index contributed by atoms with van der Waals surface area (Å²) >= 11 is 0. The maximum Gasteiger partial charge on any atom is 0.221 e. The molecule has 4 nitrogen and oxygen atoms in total. The first-order valence-electron chi connectivity index (χ1n) is 8.11. The van der Waals surface area contributed by atoms with Crippen LogP contribution in [0.1, 0.15) is 6.92 Å². The largest absolute Gasteiger partial charge is 0.346 e. The third-order valence-corrected chi connectivity index (χ3v) is 4.13. The van der Waals surface area contributed by atoms with Gasteiger partial charge in [-0.05, 0) is 29.3 Å². The van der Waals surface area contributed by atoms with E-state index in [-0.39, 0.29) is 5.91 Å². The second-order valence-corrected chi connectivity index (χ2v) is 5.95. The molecule has 0 atom stereocenters. The lowest BCUT2D eigenvalue weighted by Gasteiger charge is -2.06. The molecule has 2 aromatic heterocycles. The standard InChI is InChI=1S/C21H17N3O/c1-14(25)24-18-9-5-8-16(10-18)20-13-23-21-19(20)11-17(12-22-21)15-6-3-2-4-7-15/h2-13H,1H3,(H,22,23)(H,24,25). The molecule has 4 heteroatoms. The molecule has 0 aliphatic carbocycles. The minimum atomic E-state index is -0.0795. The van der Waals surface area contributed by atoms with Crippen molar-refractivity contribution in [3.05, 3.63) is 73.1 Å². The quantitative estimate of drug-likeness (QED) is 0.565. The van der Waals surface area contributed by atoms with E-state index in [9.17, 15) is 4.79 Å². The van der Waals surface area contributed by atoms with Gasteiger partial charge in [-0.25, -0.2) is 4.98 Å². The number of anilines is 1. The fraction of sp³-hybridized carbons (Fsp3) is 0.0476. The number of fused-ring (bicyclic) bond motifs is 1. The van der Waals surface area contributed by atoms with Crippen LogP contribution in [0.15, 0.2) is 73.1 Å². The van der Waals surface area contributed by atoms with E-state index in [4.69, 9.17) is 0 Å². The number of nitrogens with one attached hydrogen (secondary N) is 2. The van der Waals surface area contributed by atoms with Crippen molar-refractivity contribution in [2.24, 2.45) is 0 Å². The van der Waals surface area contributed by atoms with Gasteiger partial charge in [-0.2, -0.15) is 0 Å². The van der Waals surface area contributed by atoms with Gasteiger partial charge in [0.15, 0.2) is 0 Å². The zero-order valence-corrected chi connectivity index (χ0v) is 13.8. The molecule has 0 aliphatic heterocycles. The Hall–Kier alpha value is -3.40. The van der Waals surface area contributed by atoms with E-state index in [0.717, 1.165) is 39.0 Å². The normalized spacial score (nSPS) is 10.8. The van der Waals surface area contributed by atoms with Gasteiger partial charge in [0.05, 0.1) is 0 Å². The smallest absolute Gasteiger partial charge is 0.221 e. The summed E-state index contributed by atoms with van der Waals surface area (Å²) < 4.78 is 0. The van der Waals surface area contributed by atoms with E-state index in [2.05, 4.69) is 33.5 Å². The van der Waals surface area contributed by atoms with Crippen LogP contribution in [0.4, 0.5) is 5.69 Å². The van der Waals surface area contributed by atoms with E-state index in [0.29, 0.717) is 0 Å². The Kier molecular flexibility index (Phi) is 3.78. The summed E-state index contributed by atoms with van der Waals surface area (Å²) in [5.41, 5.74) is 5.94. The first kappa shape index (κ1) is 15.1. The number of amides is 1. The Balaban J connectivity index is 1.81. The van der Waals surface area contributed by atoms with E-state index >= 15 is 0 Å². The Labute approximate surface area is 145 Å². The van der Waals surface area contributed by atoms with Gasteiger partial charge < -0.3 is 10.3 Å². The van der Waals surface area contributed by atoms with Crippen LogP contribution < -0.4 is 5.32 Å². The summed E-state index contributed by atoms with van der Waals surface area (Å²) in [6, 6.07) is 20.2. The molecule has 2 heterocycles. The number of nitrogens with zero attached hydrogens (tertiary/aromatic N) is 1. The lowest BCUT2D eigenvalue weighted by Crippen LogP contribution is -2.05. The van der Waals surface area contributed by atoms with Gasteiger partial charge in [0, 0.05) is 41.5 Å². The monoisotopic (exact) mass is 327 g/mol. The number of benzene rings is 2. The summed E-state index contributed by atoms with van der Waals surface area (Å²) in [5, 5.41) is 3.88. The van der Waals surface area contributed by atoms with Crippen LogP contribution in [-0.2, 0) is 4.79 Å². The molecule has 0 radical (unpaired) electrons. The highest BCUT2D eigenvalue weighted by Crippen LogP contribution is 2.32. The molecule has 2 N–H and O–H groups in total. The second-order valence-electron chi connectivity index (χ2n) is 5.95. The fourth-order valence-electron chi connectivity index (χ4n) is 3.00. The van der Waals surface area contributed by atoms with E-state index in [1.807, 2.05) is 54.9 Å². The number of H-pyrrole nitrogens is 1. The average molecular weight is 327 g/mol. The van der Waals surface area contributed by atoms with Crippen LogP contribution >= 0.6 is 0 Å².